The van der Waals surface area contributed by atoms with Gasteiger partial charge in [0.2, 0.25) is 5.91 Å². The molecule has 0 saturated carbocycles. The Morgan fingerprint density at radius 3 is 2.62 bits per heavy atom. The number of hydrogen-bond acceptors (Lipinski definition) is 3. The normalized spacial score (nSPS) is 9.77. The average molecular weight is 184 g/mol. The van der Waals surface area contributed by atoms with Gasteiger partial charge in [-0.2, -0.15) is 5.26 Å². The van der Waals surface area contributed by atoms with E-state index in [1.807, 2.05) is 19.9 Å². The number of rotatable bonds is 5. The van der Waals surface area contributed by atoms with E-state index in [1.165, 1.54) is 7.11 Å². The Kier molecular flexibility index (Phi) is 5.90. The van der Waals surface area contributed by atoms with Gasteiger partial charge in [0.25, 0.3) is 0 Å². The Morgan fingerprint density at radius 1 is 1.62 bits per heavy atom. The quantitative estimate of drug-likeness (QED) is 0.634. The number of carbonyl (C=O) groups excluding carboxylic acids is 1. The van der Waals surface area contributed by atoms with Crippen molar-refractivity contribution in [3.05, 3.63) is 0 Å². The minimum absolute atomic E-state index is 0.0623. The molecule has 0 aromatic carbocycles. The summed E-state index contributed by atoms with van der Waals surface area (Å²) in [4.78, 5) is 13.0. The molecule has 0 aromatic heterocycles. The number of carbonyl (C=O) groups is 1. The predicted molar refractivity (Wildman–Crippen MR) is 49.0 cm³/mol. The van der Waals surface area contributed by atoms with E-state index in [4.69, 9.17) is 10.00 Å². The molecule has 13 heavy (non-hydrogen) atoms. The van der Waals surface area contributed by atoms with Crippen LogP contribution in [0.3, 0.4) is 0 Å². The molecule has 0 aliphatic carbocycles. The molecule has 0 rings (SSSR count). The van der Waals surface area contributed by atoms with Crippen molar-refractivity contribution >= 4 is 5.91 Å². The van der Waals surface area contributed by atoms with E-state index in [-0.39, 0.29) is 18.6 Å². The monoisotopic (exact) mass is 184 g/mol. The molecule has 0 heterocycles. The maximum absolute atomic E-state index is 11.4. The van der Waals surface area contributed by atoms with Crippen LogP contribution in [0.15, 0.2) is 0 Å². The van der Waals surface area contributed by atoms with Crippen LogP contribution in [0.2, 0.25) is 0 Å². The van der Waals surface area contributed by atoms with Crippen LogP contribution in [0.25, 0.3) is 0 Å². The van der Waals surface area contributed by atoms with Crippen molar-refractivity contribution in [1.29, 1.82) is 5.26 Å². The van der Waals surface area contributed by atoms with Gasteiger partial charge in [-0.15, -0.1) is 0 Å². The van der Waals surface area contributed by atoms with Gasteiger partial charge in [0.15, 0.2) is 0 Å². The molecule has 0 spiro atoms. The first-order valence-corrected chi connectivity index (χ1v) is 4.28. The third-order valence-electron chi connectivity index (χ3n) is 1.68. The predicted octanol–water partition coefficient (Wildman–Crippen LogP) is 0.783. The van der Waals surface area contributed by atoms with E-state index in [0.29, 0.717) is 13.0 Å². The third kappa shape index (κ3) is 4.48. The molecule has 0 radical (unpaired) electrons. The van der Waals surface area contributed by atoms with Crippen LogP contribution in [0.5, 0.6) is 0 Å². The van der Waals surface area contributed by atoms with Crippen molar-refractivity contribution < 1.29 is 9.53 Å². The molecule has 74 valence electrons. The topological polar surface area (TPSA) is 53.3 Å². The number of methoxy groups -OCH3 is 1. The Morgan fingerprint density at radius 2 is 2.23 bits per heavy atom. The summed E-state index contributed by atoms with van der Waals surface area (Å²) >= 11 is 0. The highest BCUT2D eigenvalue weighted by Gasteiger charge is 2.15. The molecule has 0 aromatic rings. The van der Waals surface area contributed by atoms with E-state index in [9.17, 15) is 4.79 Å². The first-order chi connectivity index (χ1) is 6.13. The van der Waals surface area contributed by atoms with E-state index in [0.717, 1.165) is 0 Å². The van der Waals surface area contributed by atoms with Crippen LogP contribution < -0.4 is 0 Å². The van der Waals surface area contributed by atoms with Crippen LogP contribution in [-0.2, 0) is 9.53 Å². The van der Waals surface area contributed by atoms with Crippen molar-refractivity contribution in [3.63, 3.8) is 0 Å². The summed E-state index contributed by atoms with van der Waals surface area (Å²) in [6, 6.07) is 2.14. The molecule has 0 fully saturated rings. The Bertz CT molecular complexity index is 196. The molecule has 0 saturated heterocycles. The van der Waals surface area contributed by atoms with Gasteiger partial charge in [0, 0.05) is 19.7 Å². The van der Waals surface area contributed by atoms with E-state index in [2.05, 4.69) is 0 Å². The smallest absolute Gasteiger partial charge is 0.248 e. The van der Waals surface area contributed by atoms with Crippen molar-refractivity contribution in [2.24, 2.45) is 0 Å². The molecule has 4 heteroatoms. The molecule has 0 unspecified atom stereocenters. The standard InChI is InChI=1S/C9H16N2O2/c1-8(2)11(6-4-5-10)9(12)7-13-3/h8H,4,6-7H2,1-3H3. The number of amides is 1. The Balaban J connectivity index is 4.09. The first-order valence-electron chi connectivity index (χ1n) is 4.28. The number of nitriles is 1. The van der Waals surface area contributed by atoms with Gasteiger partial charge in [-0.05, 0) is 13.8 Å². The third-order valence-corrected chi connectivity index (χ3v) is 1.68. The second-order valence-corrected chi connectivity index (χ2v) is 3.02. The van der Waals surface area contributed by atoms with Gasteiger partial charge in [-0.3, -0.25) is 4.79 Å². The Labute approximate surface area is 79.1 Å². The molecule has 4 nitrogen and oxygen atoms in total. The number of ether oxygens (including phenoxy) is 1. The molecule has 0 aliphatic rings. The van der Waals surface area contributed by atoms with Gasteiger partial charge in [0.1, 0.15) is 6.61 Å². The molecule has 1 amide bonds. The van der Waals surface area contributed by atoms with Gasteiger partial charge < -0.3 is 9.64 Å². The maximum Gasteiger partial charge on any atom is 0.248 e. The van der Waals surface area contributed by atoms with Gasteiger partial charge >= 0.3 is 0 Å². The van der Waals surface area contributed by atoms with Crippen LogP contribution in [0.1, 0.15) is 20.3 Å². The summed E-state index contributed by atoms with van der Waals surface area (Å²) in [6.07, 6.45) is 0.369. The highest BCUT2D eigenvalue weighted by Crippen LogP contribution is 2.00. The van der Waals surface area contributed by atoms with Crippen molar-refractivity contribution in [1.82, 2.24) is 4.90 Å². The van der Waals surface area contributed by atoms with Gasteiger partial charge in [-0.1, -0.05) is 0 Å². The van der Waals surface area contributed by atoms with Crippen molar-refractivity contribution in [3.8, 4) is 6.07 Å². The first kappa shape index (κ1) is 11.9. The lowest BCUT2D eigenvalue weighted by Gasteiger charge is -2.25. The summed E-state index contributed by atoms with van der Waals surface area (Å²) in [5, 5.41) is 8.39. The minimum atomic E-state index is -0.0623. The Hall–Kier alpha value is -1.08. The average Bonchev–Trinajstić information content (AvgIpc) is 2.05. The van der Waals surface area contributed by atoms with Crippen molar-refractivity contribution in [2.45, 2.75) is 26.3 Å². The fourth-order valence-electron chi connectivity index (χ4n) is 1.05. The zero-order valence-corrected chi connectivity index (χ0v) is 8.41. The SMILES string of the molecule is COCC(=O)N(CCC#N)C(C)C. The fourth-order valence-corrected chi connectivity index (χ4v) is 1.05. The summed E-state index contributed by atoms with van der Waals surface area (Å²) in [6.45, 7) is 4.41. The summed E-state index contributed by atoms with van der Waals surface area (Å²) < 4.78 is 4.74. The second kappa shape index (κ2) is 6.44. The lowest BCUT2D eigenvalue weighted by molar-refractivity contribution is -0.136. The van der Waals surface area contributed by atoms with Gasteiger partial charge in [-0.25, -0.2) is 0 Å². The zero-order chi connectivity index (χ0) is 10.3. The highest BCUT2D eigenvalue weighted by molar-refractivity contribution is 5.77. The largest absolute Gasteiger partial charge is 0.375 e. The lowest BCUT2D eigenvalue weighted by Crippen LogP contribution is -2.39. The highest BCUT2D eigenvalue weighted by atomic mass is 16.5. The van der Waals surface area contributed by atoms with Crippen LogP contribution >= 0.6 is 0 Å². The summed E-state index contributed by atoms with van der Waals surface area (Å²) in [5.41, 5.74) is 0. The molecule has 0 bridgehead atoms. The molecular formula is C9H16N2O2. The number of nitrogens with zero attached hydrogens (tertiary/aromatic N) is 2. The van der Waals surface area contributed by atoms with E-state index >= 15 is 0 Å². The molecule has 0 aliphatic heterocycles. The van der Waals surface area contributed by atoms with Crippen LogP contribution in [0, 0.1) is 11.3 Å². The minimum Gasteiger partial charge on any atom is -0.375 e. The number of hydrogen-bond donors (Lipinski definition) is 0. The summed E-state index contributed by atoms with van der Waals surface area (Å²) in [5.74, 6) is -0.0623. The fraction of sp³-hybridized carbons (Fsp3) is 0.778. The van der Waals surface area contributed by atoms with Gasteiger partial charge in [0.05, 0.1) is 12.5 Å². The maximum atomic E-state index is 11.4. The lowest BCUT2D eigenvalue weighted by atomic mass is 10.3. The van der Waals surface area contributed by atoms with E-state index in [1.54, 1.807) is 4.90 Å². The molecule has 0 N–H and O–H groups in total. The van der Waals surface area contributed by atoms with Crippen LogP contribution in [0.4, 0.5) is 0 Å². The van der Waals surface area contributed by atoms with Crippen LogP contribution in [-0.4, -0.2) is 37.1 Å². The van der Waals surface area contributed by atoms with Crippen molar-refractivity contribution in [2.75, 3.05) is 20.3 Å². The van der Waals surface area contributed by atoms with E-state index < -0.39 is 0 Å². The second-order valence-electron chi connectivity index (χ2n) is 3.02. The summed E-state index contributed by atoms with van der Waals surface area (Å²) in [7, 11) is 1.49. The molecular weight excluding hydrogens is 168 g/mol. The zero-order valence-electron chi connectivity index (χ0n) is 8.41. The molecule has 0 atom stereocenters.